The monoisotopic (exact) mass is 636 g/mol. The number of hydrogen-bond donors (Lipinski definition) is 1. The number of nitrogens with one attached hydrogen (secondary N) is 1. The highest BCUT2D eigenvalue weighted by Gasteiger charge is 2.60. The second kappa shape index (κ2) is 12.5. The number of amides is 2. The predicted octanol–water partition coefficient (Wildman–Crippen LogP) is 7.08. The number of hydrogen-bond acceptors (Lipinski definition) is 5. The largest absolute Gasteiger partial charge is 0.468 e. The standard InChI is InChI=1S/C35H38Cl2N2O5/c1-21-35(33(42)43-5)18-25(15-31(40)38-19-23-11-8-10-22-9-6-7-12-27(22)23)32(41)39(20-24-13-14-26(36)16-28(24)37)29(35)17-30(44-21)34(2,3)4/h6-14,16-17,21,25,30H,15,18-20H2,1-5H3,(H,38,40)/t21-,25+,30-,35+/m1/s1. The molecule has 1 N–H and O–H groups in total. The molecule has 44 heavy (non-hydrogen) atoms. The van der Waals surface area contributed by atoms with E-state index >= 15 is 0 Å². The van der Waals surface area contributed by atoms with Crippen molar-refractivity contribution in [2.45, 2.75) is 65.8 Å². The van der Waals surface area contributed by atoms with Crippen LogP contribution in [0, 0.1) is 16.7 Å². The third kappa shape index (κ3) is 6.10. The van der Waals surface area contributed by atoms with Crippen LogP contribution in [-0.4, -0.2) is 42.0 Å². The first-order valence-electron chi connectivity index (χ1n) is 14.8. The molecule has 3 aromatic rings. The Hall–Kier alpha value is -3.39. The van der Waals surface area contributed by atoms with Crippen LogP contribution >= 0.6 is 23.2 Å². The maximum absolute atomic E-state index is 14.3. The molecule has 0 radical (unpaired) electrons. The van der Waals surface area contributed by atoms with Crippen LogP contribution in [-0.2, 0) is 36.9 Å². The van der Waals surface area contributed by atoms with Gasteiger partial charge >= 0.3 is 5.97 Å². The fourth-order valence-electron chi connectivity index (χ4n) is 6.36. The summed E-state index contributed by atoms with van der Waals surface area (Å²) in [6.07, 6.45) is 0.846. The highest BCUT2D eigenvalue weighted by molar-refractivity contribution is 6.35. The SMILES string of the molecule is COC(=O)[C@]12C[C@H](CC(=O)NCc3cccc4ccccc34)C(=O)N(Cc3ccc(Cl)cc3Cl)C1=C[C@H](C(C)(C)C)O[C@@H]2C. The summed E-state index contributed by atoms with van der Waals surface area (Å²) in [4.78, 5) is 43.1. The van der Waals surface area contributed by atoms with Gasteiger partial charge in [-0.05, 0) is 58.9 Å². The normalized spacial score (nSPS) is 23.6. The molecule has 5 rings (SSSR count). The number of nitrogens with zero attached hydrogens (tertiary/aromatic N) is 1. The molecule has 232 valence electrons. The lowest BCUT2D eigenvalue weighted by molar-refractivity contribution is -0.180. The van der Waals surface area contributed by atoms with Gasteiger partial charge < -0.3 is 19.7 Å². The van der Waals surface area contributed by atoms with Crippen molar-refractivity contribution >= 4 is 51.8 Å². The van der Waals surface area contributed by atoms with Crippen LogP contribution in [0.15, 0.2) is 72.4 Å². The molecule has 0 bridgehead atoms. The molecule has 7 nitrogen and oxygen atoms in total. The van der Waals surface area contributed by atoms with Crippen molar-refractivity contribution in [1.82, 2.24) is 10.2 Å². The van der Waals surface area contributed by atoms with Gasteiger partial charge in [-0.1, -0.05) is 92.5 Å². The summed E-state index contributed by atoms with van der Waals surface area (Å²) in [6.45, 7) is 8.37. The van der Waals surface area contributed by atoms with Crippen molar-refractivity contribution in [2.24, 2.45) is 16.7 Å². The smallest absolute Gasteiger partial charge is 0.320 e. The Labute approximate surface area is 268 Å². The molecule has 2 aliphatic heterocycles. The van der Waals surface area contributed by atoms with Gasteiger partial charge in [0, 0.05) is 34.6 Å². The van der Waals surface area contributed by atoms with E-state index in [1.165, 1.54) is 7.11 Å². The summed E-state index contributed by atoms with van der Waals surface area (Å²) in [7, 11) is 1.33. The minimum Gasteiger partial charge on any atom is -0.468 e. The van der Waals surface area contributed by atoms with Crippen LogP contribution < -0.4 is 5.32 Å². The van der Waals surface area contributed by atoms with Gasteiger partial charge in [-0.2, -0.15) is 0 Å². The maximum Gasteiger partial charge on any atom is 0.320 e. The summed E-state index contributed by atoms with van der Waals surface area (Å²) in [5, 5.41) is 6.00. The van der Waals surface area contributed by atoms with Crippen molar-refractivity contribution in [2.75, 3.05) is 7.11 Å². The second-order valence-electron chi connectivity index (χ2n) is 12.8. The zero-order valence-electron chi connectivity index (χ0n) is 25.7. The Morgan fingerprint density at radius 2 is 1.80 bits per heavy atom. The Kier molecular flexibility index (Phi) is 9.13. The van der Waals surface area contributed by atoms with E-state index in [0.29, 0.717) is 27.9 Å². The number of rotatable bonds is 7. The lowest BCUT2D eigenvalue weighted by Gasteiger charge is -2.53. The quantitative estimate of drug-likeness (QED) is 0.280. The molecular formula is C35H38Cl2N2O5. The van der Waals surface area contributed by atoms with Gasteiger partial charge in [0.05, 0.1) is 25.9 Å². The molecular weight excluding hydrogens is 599 g/mol. The number of carbonyl (C=O) groups is 3. The summed E-state index contributed by atoms with van der Waals surface area (Å²) >= 11 is 12.7. The number of halogens is 2. The number of carbonyl (C=O) groups excluding carboxylic acids is 3. The first-order chi connectivity index (χ1) is 20.8. The molecule has 9 heteroatoms. The molecule has 1 fully saturated rings. The molecule has 0 spiro atoms. The van der Waals surface area contributed by atoms with E-state index in [2.05, 4.69) is 5.32 Å². The highest BCUT2D eigenvalue weighted by atomic mass is 35.5. The Morgan fingerprint density at radius 1 is 1.07 bits per heavy atom. The molecule has 0 aromatic heterocycles. The van der Waals surface area contributed by atoms with E-state index in [1.807, 2.05) is 76.2 Å². The van der Waals surface area contributed by atoms with Gasteiger partial charge in [0.25, 0.3) is 0 Å². The number of fused-ring (bicyclic) bond motifs is 2. The third-order valence-corrected chi connectivity index (χ3v) is 9.41. The van der Waals surface area contributed by atoms with Gasteiger partial charge in [-0.15, -0.1) is 0 Å². The van der Waals surface area contributed by atoms with Crippen molar-refractivity contribution < 1.29 is 23.9 Å². The Bertz CT molecular complexity index is 1630. The van der Waals surface area contributed by atoms with Crippen molar-refractivity contribution in [3.05, 3.63) is 93.6 Å². The van der Waals surface area contributed by atoms with Crippen LogP contribution in [0.5, 0.6) is 0 Å². The lowest BCUT2D eigenvalue weighted by Crippen LogP contribution is -2.61. The first kappa shape index (κ1) is 32.0. The molecule has 4 atom stereocenters. The van der Waals surface area contributed by atoms with Gasteiger partial charge in [0.15, 0.2) is 0 Å². The van der Waals surface area contributed by atoms with E-state index in [0.717, 1.165) is 16.3 Å². The van der Waals surface area contributed by atoms with Crippen molar-refractivity contribution in [1.29, 1.82) is 0 Å². The minimum absolute atomic E-state index is 0.0783. The number of benzene rings is 3. The van der Waals surface area contributed by atoms with Crippen LogP contribution in [0.3, 0.4) is 0 Å². The fourth-order valence-corrected chi connectivity index (χ4v) is 6.83. The van der Waals surface area contributed by atoms with E-state index < -0.39 is 23.4 Å². The Morgan fingerprint density at radius 3 is 2.50 bits per heavy atom. The molecule has 0 saturated carbocycles. The number of methoxy groups -OCH3 is 1. The van der Waals surface area contributed by atoms with E-state index in [-0.39, 0.29) is 42.7 Å². The number of ether oxygens (including phenoxy) is 2. The third-order valence-electron chi connectivity index (χ3n) is 8.82. The van der Waals surface area contributed by atoms with Crippen LogP contribution in [0.2, 0.25) is 10.0 Å². The van der Waals surface area contributed by atoms with Crippen LogP contribution in [0.4, 0.5) is 0 Å². The van der Waals surface area contributed by atoms with E-state index in [9.17, 15) is 14.4 Å². The molecule has 3 aromatic carbocycles. The van der Waals surface area contributed by atoms with E-state index in [1.54, 1.807) is 23.1 Å². The van der Waals surface area contributed by atoms with Crippen LogP contribution in [0.25, 0.3) is 10.8 Å². The van der Waals surface area contributed by atoms with Gasteiger partial charge in [0.1, 0.15) is 5.41 Å². The molecule has 2 heterocycles. The summed E-state index contributed by atoms with van der Waals surface area (Å²) < 4.78 is 11.8. The maximum atomic E-state index is 14.3. The summed E-state index contributed by atoms with van der Waals surface area (Å²) in [5.41, 5.74) is 0.547. The molecule has 1 saturated heterocycles. The van der Waals surface area contributed by atoms with Gasteiger partial charge in [0.2, 0.25) is 11.8 Å². The average Bonchev–Trinajstić information content (AvgIpc) is 2.98. The van der Waals surface area contributed by atoms with Gasteiger partial charge in [-0.25, -0.2) is 0 Å². The highest BCUT2D eigenvalue weighted by Crippen LogP contribution is 2.52. The minimum atomic E-state index is -1.30. The van der Waals surface area contributed by atoms with Crippen molar-refractivity contribution in [3.8, 4) is 0 Å². The second-order valence-corrected chi connectivity index (χ2v) is 13.6. The van der Waals surface area contributed by atoms with Gasteiger partial charge in [-0.3, -0.25) is 14.4 Å². The molecule has 0 aliphatic carbocycles. The number of piperidine rings is 1. The van der Waals surface area contributed by atoms with Crippen molar-refractivity contribution in [3.63, 3.8) is 0 Å². The van der Waals surface area contributed by atoms with E-state index in [4.69, 9.17) is 32.7 Å². The summed E-state index contributed by atoms with van der Waals surface area (Å²) in [6, 6.07) is 19.0. The predicted molar refractivity (Wildman–Crippen MR) is 172 cm³/mol. The van der Waals surface area contributed by atoms with Crippen LogP contribution in [0.1, 0.15) is 51.7 Å². The Balaban J connectivity index is 1.49. The first-order valence-corrected chi connectivity index (χ1v) is 15.6. The average molecular weight is 638 g/mol. The number of likely N-dealkylation sites (tertiary alicyclic amines) is 1. The topological polar surface area (TPSA) is 84.9 Å². The fraction of sp³-hybridized carbons (Fsp3) is 0.400. The summed E-state index contributed by atoms with van der Waals surface area (Å²) in [5.74, 6) is -1.86. The molecule has 2 amide bonds. The number of esters is 1. The molecule has 2 aliphatic rings. The zero-order valence-corrected chi connectivity index (χ0v) is 27.2. The zero-order chi connectivity index (χ0) is 31.8. The molecule has 0 unspecified atom stereocenters. The lowest BCUT2D eigenvalue weighted by atomic mass is 9.65.